The number of halogens is 1. The SMILES string of the molecule is CCN(CC)S(=O)(=O)c1ccc(NNS(=O)(=O)c2cccc(F)c2)nc1. The molecule has 0 atom stereocenters. The molecule has 11 heteroatoms. The van der Waals surface area contributed by atoms with Gasteiger partial charge >= 0.3 is 0 Å². The molecule has 0 saturated carbocycles. The van der Waals surface area contributed by atoms with Crippen molar-refractivity contribution in [2.75, 3.05) is 18.5 Å². The van der Waals surface area contributed by atoms with E-state index in [-0.39, 0.29) is 15.6 Å². The summed E-state index contributed by atoms with van der Waals surface area (Å²) in [5.41, 5.74) is 2.36. The van der Waals surface area contributed by atoms with Crippen LogP contribution in [0.4, 0.5) is 10.2 Å². The Balaban J connectivity index is 2.13. The number of nitrogens with one attached hydrogen (secondary N) is 2. The van der Waals surface area contributed by atoms with E-state index in [0.717, 1.165) is 18.3 Å². The van der Waals surface area contributed by atoms with E-state index in [9.17, 15) is 21.2 Å². The number of hydrogen-bond acceptors (Lipinski definition) is 6. The molecular formula is C15H19FN4O4S2. The summed E-state index contributed by atoms with van der Waals surface area (Å²) in [6.07, 6.45) is 1.13. The molecule has 2 aromatic rings. The number of rotatable bonds is 8. The van der Waals surface area contributed by atoms with E-state index in [1.165, 1.54) is 28.6 Å². The molecule has 1 aromatic carbocycles. The standard InChI is InChI=1S/C15H19FN4O4S2/c1-3-20(4-2)26(23,24)14-8-9-15(17-11-14)18-19-25(21,22)13-7-5-6-12(16)10-13/h5-11,19H,3-4H2,1-2H3,(H,17,18). The van der Waals surface area contributed by atoms with Gasteiger partial charge in [-0.2, -0.15) is 4.31 Å². The van der Waals surface area contributed by atoms with Crippen molar-refractivity contribution in [2.24, 2.45) is 0 Å². The summed E-state index contributed by atoms with van der Waals surface area (Å²) >= 11 is 0. The van der Waals surface area contributed by atoms with Crippen molar-refractivity contribution in [1.82, 2.24) is 14.1 Å². The topological polar surface area (TPSA) is 108 Å². The summed E-state index contributed by atoms with van der Waals surface area (Å²) in [6, 6.07) is 7.15. The average Bonchev–Trinajstić information content (AvgIpc) is 2.61. The maximum atomic E-state index is 13.2. The lowest BCUT2D eigenvalue weighted by atomic mass is 10.4. The van der Waals surface area contributed by atoms with E-state index in [1.807, 2.05) is 0 Å². The van der Waals surface area contributed by atoms with Crippen molar-refractivity contribution in [3.05, 3.63) is 48.4 Å². The minimum atomic E-state index is -4.01. The van der Waals surface area contributed by atoms with Crippen molar-refractivity contribution >= 4 is 25.9 Å². The van der Waals surface area contributed by atoms with E-state index in [0.29, 0.717) is 13.1 Å². The summed E-state index contributed by atoms with van der Waals surface area (Å²) in [4.78, 5) is 5.69. The quantitative estimate of drug-likeness (QED) is 0.649. The molecule has 0 bridgehead atoms. The van der Waals surface area contributed by atoms with Crippen molar-refractivity contribution in [2.45, 2.75) is 23.6 Å². The minimum Gasteiger partial charge on any atom is -0.292 e. The van der Waals surface area contributed by atoms with E-state index < -0.39 is 25.9 Å². The Bertz CT molecular complexity index is 959. The van der Waals surface area contributed by atoms with Gasteiger partial charge in [-0.25, -0.2) is 26.2 Å². The number of anilines is 1. The monoisotopic (exact) mass is 402 g/mol. The summed E-state index contributed by atoms with van der Waals surface area (Å²) in [5.74, 6) is -0.597. The van der Waals surface area contributed by atoms with Gasteiger partial charge in [-0.1, -0.05) is 19.9 Å². The summed E-state index contributed by atoms with van der Waals surface area (Å²) in [7, 11) is -7.65. The maximum Gasteiger partial charge on any atom is 0.257 e. The van der Waals surface area contributed by atoms with Gasteiger partial charge in [-0.05, 0) is 30.3 Å². The van der Waals surface area contributed by atoms with Crippen molar-refractivity contribution in [3.63, 3.8) is 0 Å². The van der Waals surface area contributed by atoms with E-state index in [2.05, 4.69) is 15.2 Å². The number of benzene rings is 1. The van der Waals surface area contributed by atoms with Crippen LogP contribution in [0.3, 0.4) is 0 Å². The minimum absolute atomic E-state index is 0.000243. The van der Waals surface area contributed by atoms with Crippen LogP contribution in [0.5, 0.6) is 0 Å². The molecule has 8 nitrogen and oxygen atoms in total. The summed E-state index contributed by atoms with van der Waals surface area (Å²) < 4.78 is 63.3. The number of hydrazine groups is 1. The van der Waals surface area contributed by atoms with Crippen LogP contribution in [-0.2, 0) is 20.0 Å². The molecule has 0 radical (unpaired) electrons. The van der Waals surface area contributed by atoms with E-state index >= 15 is 0 Å². The van der Waals surface area contributed by atoms with Gasteiger partial charge in [0.2, 0.25) is 10.0 Å². The van der Waals surface area contributed by atoms with Crippen molar-refractivity contribution in [3.8, 4) is 0 Å². The van der Waals surface area contributed by atoms with Gasteiger partial charge in [0, 0.05) is 19.3 Å². The number of nitrogens with zero attached hydrogens (tertiary/aromatic N) is 2. The van der Waals surface area contributed by atoms with Crippen LogP contribution in [0, 0.1) is 5.82 Å². The molecule has 0 unspecified atom stereocenters. The van der Waals surface area contributed by atoms with Crippen molar-refractivity contribution < 1.29 is 21.2 Å². The molecule has 0 amide bonds. The summed E-state index contributed by atoms with van der Waals surface area (Å²) in [6.45, 7) is 4.11. The Morgan fingerprint density at radius 2 is 1.73 bits per heavy atom. The Hall–Kier alpha value is -2.08. The highest BCUT2D eigenvalue weighted by Gasteiger charge is 2.22. The first-order valence-electron chi connectivity index (χ1n) is 7.70. The van der Waals surface area contributed by atoms with Crippen LogP contribution in [0.15, 0.2) is 52.4 Å². The number of aromatic nitrogens is 1. The highest BCUT2D eigenvalue weighted by molar-refractivity contribution is 7.89. The fourth-order valence-corrected chi connectivity index (χ4v) is 4.42. The molecule has 0 aliphatic heterocycles. The second-order valence-corrected chi connectivity index (χ2v) is 8.78. The first-order chi connectivity index (χ1) is 12.2. The largest absolute Gasteiger partial charge is 0.292 e. The zero-order chi connectivity index (χ0) is 19.4. The van der Waals surface area contributed by atoms with Gasteiger partial charge in [0.15, 0.2) is 0 Å². The molecule has 0 aliphatic rings. The lowest BCUT2D eigenvalue weighted by Crippen LogP contribution is -2.31. The average molecular weight is 402 g/mol. The predicted molar refractivity (Wildman–Crippen MR) is 94.7 cm³/mol. The van der Waals surface area contributed by atoms with Crippen LogP contribution in [0.2, 0.25) is 0 Å². The highest BCUT2D eigenvalue weighted by Crippen LogP contribution is 2.16. The zero-order valence-corrected chi connectivity index (χ0v) is 15.8. The smallest absolute Gasteiger partial charge is 0.257 e. The summed E-state index contributed by atoms with van der Waals surface area (Å²) in [5, 5.41) is 0. The van der Waals surface area contributed by atoms with E-state index in [1.54, 1.807) is 13.8 Å². The molecule has 142 valence electrons. The van der Waals surface area contributed by atoms with Crippen LogP contribution in [0.25, 0.3) is 0 Å². The Morgan fingerprint density at radius 1 is 1.04 bits per heavy atom. The molecule has 0 aliphatic carbocycles. The van der Waals surface area contributed by atoms with Gasteiger partial charge in [-0.15, -0.1) is 4.83 Å². The Morgan fingerprint density at radius 3 is 2.27 bits per heavy atom. The third-order valence-electron chi connectivity index (χ3n) is 3.50. The van der Waals surface area contributed by atoms with Crippen molar-refractivity contribution in [1.29, 1.82) is 0 Å². The number of sulfonamides is 2. The molecule has 1 aromatic heterocycles. The van der Waals surface area contributed by atoms with Gasteiger partial charge in [-0.3, -0.25) is 5.43 Å². The second kappa shape index (κ2) is 8.08. The molecule has 2 N–H and O–H groups in total. The van der Waals surface area contributed by atoms with Gasteiger partial charge in [0.25, 0.3) is 10.0 Å². The normalized spacial score (nSPS) is 12.3. The van der Waals surface area contributed by atoms with Gasteiger partial charge in [0.1, 0.15) is 16.5 Å². The fraction of sp³-hybridized carbons (Fsp3) is 0.267. The number of hydrogen-bond donors (Lipinski definition) is 2. The first-order valence-corrected chi connectivity index (χ1v) is 10.6. The molecule has 0 saturated heterocycles. The van der Waals surface area contributed by atoms with Gasteiger partial charge in [0.05, 0.1) is 4.90 Å². The van der Waals surface area contributed by atoms with E-state index in [4.69, 9.17) is 0 Å². The Labute approximate surface area is 152 Å². The molecule has 26 heavy (non-hydrogen) atoms. The highest BCUT2D eigenvalue weighted by atomic mass is 32.2. The maximum absolute atomic E-state index is 13.2. The first kappa shape index (κ1) is 20.2. The molecular weight excluding hydrogens is 383 g/mol. The lowest BCUT2D eigenvalue weighted by molar-refractivity contribution is 0.445. The Kier molecular flexibility index (Phi) is 6.29. The van der Waals surface area contributed by atoms with Crippen LogP contribution in [-0.4, -0.2) is 39.2 Å². The third kappa shape index (κ3) is 4.55. The second-order valence-electron chi connectivity index (χ2n) is 5.16. The third-order valence-corrected chi connectivity index (χ3v) is 6.78. The molecule has 0 spiro atoms. The van der Waals surface area contributed by atoms with Crippen LogP contribution >= 0.6 is 0 Å². The zero-order valence-electron chi connectivity index (χ0n) is 14.2. The lowest BCUT2D eigenvalue weighted by Gasteiger charge is -2.18. The molecule has 0 fully saturated rings. The fourth-order valence-electron chi connectivity index (χ4n) is 2.13. The van der Waals surface area contributed by atoms with Gasteiger partial charge < -0.3 is 0 Å². The predicted octanol–water partition coefficient (Wildman–Crippen LogP) is 1.56. The van der Waals surface area contributed by atoms with Crippen LogP contribution < -0.4 is 10.3 Å². The number of pyridine rings is 1. The molecule has 1 heterocycles. The molecule has 2 rings (SSSR count). The van der Waals surface area contributed by atoms with Crippen LogP contribution in [0.1, 0.15) is 13.8 Å².